The van der Waals surface area contributed by atoms with E-state index in [2.05, 4.69) is 6.92 Å². The van der Waals surface area contributed by atoms with Crippen molar-refractivity contribution in [3.05, 3.63) is 23.8 Å². The Morgan fingerprint density at radius 3 is 2.35 bits per heavy atom. The Balaban J connectivity index is 3.18. The highest BCUT2D eigenvalue weighted by Crippen LogP contribution is 2.41. The molecule has 0 aromatic heterocycles. The van der Waals surface area contributed by atoms with Gasteiger partial charge in [0.05, 0.1) is 20.3 Å². The molecule has 17 heavy (non-hydrogen) atoms. The smallest absolute Gasteiger partial charge is 0.124 e. The summed E-state index contributed by atoms with van der Waals surface area (Å²) in [5, 5.41) is 10.4. The number of hydrogen-bond donors (Lipinski definition) is 1. The highest BCUT2D eigenvalue weighted by atomic mass is 16.5. The SMILES string of the molecule is CCC(C)(C)C(O)c1cc(OC)ccc1OC. The first-order valence-corrected chi connectivity index (χ1v) is 5.86. The molecular weight excluding hydrogens is 216 g/mol. The van der Waals surface area contributed by atoms with Crippen molar-refractivity contribution in [2.45, 2.75) is 33.3 Å². The van der Waals surface area contributed by atoms with E-state index in [1.807, 2.05) is 32.0 Å². The number of aliphatic hydroxyl groups is 1. The van der Waals surface area contributed by atoms with E-state index in [1.54, 1.807) is 14.2 Å². The number of ether oxygens (including phenoxy) is 2. The lowest BCUT2D eigenvalue weighted by Gasteiger charge is -2.30. The molecule has 0 bridgehead atoms. The first-order valence-electron chi connectivity index (χ1n) is 5.86. The predicted molar refractivity (Wildman–Crippen MR) is 68.6 cm³/mol. The molecule has 1 N–H and O–H groups in total. The van der Waals surface area contributed by atoms with Gasteiger partial charge in [0.25, 0.3) is 0 Å². The topological polar surface area (TPSA) is 38.7 Å². The number of rotatable bonds is 5. The van der Waals surface area contributed by atoms with Crippen LogP contribution in [0.15, 0.2) is 18.2 Å². The molecule has 96 valence electrons. The van der Waals surface area contributed by atoms with E-state index < -0.39 is 6.10 Å². The molecule has 0 saturated heterocycles. The van der Waals surface area contributed by atoms with Gasteiger partial charge in [0.15, 0.2) is 0 Å². The molecule has 1 unspecified atom stereocenters. The van der Waals surface area contributed by atoms with Crippen LogP contribution in [0, 0.1) is 5.41 Å². The number of hydrogen-bond acceptors (Lipinski definition) is 3. The maximum atomic E-state index is 10.4. The summed E-state index contributed by atoms with van der Waals surface area (Å²) in [4.78, 5) is 0. The molecule has 1 rings (SSSR count). The van der Waals surface area contributed by atoms with E-state index in [1.165, 1.54) is 0 Å². The highest BCUT2D eigenvalue weighted by molar-refractivity contribution is 5.42. The summed E-state index contributed by atoms with van der Waals surface area (Å²) in [6, 6.07) is 5.48. The summed E-state index contributed by atoms with van der Waals surface area (Å²) < 4.78 is 10.5. The third-order valence-electron chi connectivity index (χ3n) is 3.38. The molecule has 0 aliphatic carbocycles. The molecule has 1 atom stereocenters. The van der Waals surface area contributed by atoms with Gasteiger partial charge in [0.2, 0.25) is 0 Å². The summed E-state index contributed by atoms with van der Waals surface area (Å²) in [6.07, 6.45) is 0.312. The molecule has 3 heteroatoms. The van der Waals surface area contributed by atoms with Gasteiger partial charge >= 0.3 is 0 Å². The van der Waals surface area contributed by atoms with Gasteiger partial charge in [-0.1, -0.05) is 20.8 Å². The monoisotopic (exact) mass is 238 g/mol. The van der Waals surface area contributed by atoms with Crippen LogP contribution in [0.3, 0.4) is 0 Å². The third-order valence-corrected chi connectivity index (χ3v) is 3.38. The van der Waals surface area contributed by atoms with Gasteiger partial charge in [0, 0.05) is 5.56 Å². The zero-order valence-corrected chi connectivity index (χ0v) is 11.3. The molecule has 0 heterocycles. The quantitative estimate of drug-likeness (QED) is 0.856. The van der Waals surface area contributed by atoms with Gasteiger partial charge in [0.1, 0.15) is 11.5 Å². The third kappa shape index (κ3) is 2.91. The summed E-state index contributed by atoms with van der Waals surface area (Å²) in [7, 11) is 3.22. The standard InChI is InChI=1S/C14H22O3/c1-6-14(2,3)13(15)11-9-10(16-4)7-8-12(11)17-5/h7-9,13,15H,6H2,1-5H3. The van der Waals surface area contributed by atoms with Crippen LogP contribution in [-0.4, -0.2) is 19.3 Å². The van der Waals surface area contributed by atoms with Crippen molar-refractivity contribution in [2.75, 3.05) is 14.2 Å². The van der Waals surface area contributed by atoms with Crippen LogP contribution in [0.2, 0.25) is 0 Å². The van der Waals surface area contributed by atoms with Crippen molar-refractivity contribution in [1.82, 2.24) is 0 Å². The van der Waals surface area contributed by atoms with Crippen LogP contribution in [0.5, 0.6) is 11.5 Å². The second-order valence-electron chi connectivity index (χ2n) is 4.85. The maximum absolute atomic E-state index is 10.4. The van der Waals surface area contributed by atoms with Gasteiger partial charge in [-0.2, -0.15) is 0 Å². The van der Waals surface area contributed by atoms with Gasteiger partial charge in [-0.3, -0.25) is 0 Å². The molecule has 3 nitrogen and oxygen atoms in total. The molecular formula is C14H22O3. The minimum Gasteiger partial charge on any atom is -0.497 e. The lowest BCUT2D eigenvalue weighted by atomic mass is 9.80. The van der Waals surface area contributed by atoms with E-state index in [9.17, 15) is 5.11 Å². The molecule has 0 spiro atoms. The average Bonchev–Trinajstić information content (AvgIpc) is 2.36. The van der Waals surface area contributed by atoms with Crippen molar-refractivity contribution < 1.29 is 14.6 Å². The van der Waals surface area contributed by atoms with E-state index in [4.69, 9.17) is 9.47 Å². The minimum absolute atomic E-state index is 0.195. The Hall–Kier alpha value is -1.22. The van der Waals surface area contributed by atoms with Gasteiger partial charge in [-0.15, -0.1) is 0 Å². The van der Waals surface area contributed by atoms with Crippen molar-refractivity contribution >= 4 is 0 Å². The number of methoxy groups -OCH3 is 2. The van der Waals surface area contributed by atoms with Gasteiger partial charge < -0.3 is 14.6 Å². The Bertz CT molecular complexity index is 372. The van der Waals surface area contributed by atoms with Gasteiger partial charge in [-0.05, 0) is 30.0 Å². The van der Waals surface area contributed by atoms with Crippen LogP contribution in [-0.2, 0) is 0 Å². The molecule has 0 amide bonds. The van der Waals surface area contributed by atoms with Crippen LogP contribution in [0.1, 0.15) is 38.9 Å². The highest BCUT2D eigenvalue weighted by Gasteiger charge is 2.29. The predicted octanol–water partition coefficient (Wildman–Crippen LogP) is 3.17. The Kier molecular flexibility index (Phi) is 4.40. The lowest BCUT2D eigenvalue weighted by molar-refractivity contribution is 0.0444. The van der Waals surface area contributed by atoms with Gasteiger partial charge in [-0.25, -0.2) is 0 Å². The Morgan fingerprint density at radius 1 is 1.24 bits per heavy atom. The summed E-state index contributed by atoms with van der Waals surface area (Å²) in [5.74, 6) is 1.42. The second-order valence-corrected chi connectivity index (χ2v) is 4.85. The minimum atomic E-state index is -0.572. The Morgan fingerprint density at radius 2 is 1.88 bits per heavy atom. The van der Waals surface area contributed by atoms with E-state index in [0.29, 0.717) is 5.75 Å². The lowest BCUT2D eigenvalue weighted by Crippen LogP contribution is -2.21. The first kappa shape index (κ1) is 13.8. The molecule has 0 fully saturated rings. The van der Waals surface area contributed by atoms with Crippen molar-refractivity contribution in [1.29, 1.82) is 0 Å². The fourth-order valence-corrected chi connectivity index (χ4v) is 1.67. The van der Waals surface area contributed by atoms with Crippen LogP contribution >= 0.6 is 0 Å². The van der Waals surface area contributed by atoms with E-state index >= 15 is 0 Å². The Labute approximate surface area is 103 Å². The number of aliphatic hydroxyl groups excluding tert-OH is 1. The van der Waals surface area contributed by atoms with Crippen molar-refractivity contribution in [2.24, 2.45) is 5.41 Å². The average molecular weight is 238 g/mol. The normalized spacial score (nSPS) is 13.3. The molecule has 0 aliphatic heterocycles. The molecule has 0 radical (unpaired) electrons. The number of benzene rings is 1. The van der Waals surface area contributed by atoms with E-state index in [-0.39, 0.29) is 5.41 Å². The molecule has 0 saturated carbocycles. The van der Waals surface area contributed by atoms with Crippen molar-refractivity contribution in [3.8, 4) is 11.5 Å². The molecule has 1 aromatic rings. The summed E-state index contributed by atoms with van der Waals surface area (Å²) in [5.41, 5.74) is 0.582. The maximum Gasteiger partial charge on any atom is 0.124 e. The van der Waals surface area contributed by atoms with Crippen LogP contribution in [0.4, 0.5) is 0 Å². The largest absolute Gasteiger partial charge is 0.497 e. The van der Waals surface area contributed by atoms with Crippen molar-refractivity contribution in [3.63, 3.8) is 0 Å². The second kappa shape index (κ2) is 5.41. The first-order chi connectivity index (χ1) is 7.96. The van der Waals surface area contributed by atoms with E-state index in [0.717, 1.165) is 17.7 Å². The zero-order chi connectivity index (χ0) is 13.1. The fourth-order valence-electron chi connectivity index (χ4n) is 1.67. The molecule has 0 aliphatic rings. The fraction of sp³-hybridized carbons (Fsp3) is 0.571. The summed E-state index contributed by atoms with van der Waals surface area (Å²) in [6.45, 7) is 6.14. The van der Waals surface area contributed by atoms with Crippen LogP contribution < -0.4 is 9.47 Å². The zero-order valence-electron chi connectivity index (χ0n) is 11.3. The van der Waals surface area contributed by atoms with Crippen LogP contribution in [0.25, 0.3) is 0 Å². The summed E-state index contributed by atoms with van der Waals surface area (Å²) >= 11 is 0. The molecule has 1 aromatic carbocycles.